The van der Waals surface area contributed by atoms with Crippen LogP contribution in [-0.4, -0.2) is 59.2 Å². The fourth-order valence-corrected chi connectivity index (χ4v) is 3.38. The minimum atomic E-state index is -0.878. The maximum atomic E-state index is 9.94. The van der Waals surface area contributed by atoms with Crippen LogP contribution in [0.3, 0.4) is 0 Å². The number of aliphatic hydroxyl groups is 2. The molecule has 2 N–H and O–H groups in total. The lowest BCUT2D eigenvalue weighted by Gasteiger charge is -2.26. The maximum absolute atomic E-state index is 9.94. The first-order chi connectivity index (χ1) is 8.83. The van der Waals surface area contributed by atoms with E-state index in [1.54, 1.807) is 0 Å². The predicted octanol–water partition coefficient (Wildman–Crippen LogP) is 0.975. The fraction of sp³-hybridized carbons (Fsp3) is 1.00. The molecule has 0 aromatic carbocycles. The fourth-order valence-electron chi connectivity index (χ4n) is 2.83. The molecule has 0 radical (unpaired) electrons. The summed E-state index contributed by atoms with van der Waals surface area (Å²) in [5.74, 6) is 0.912. The van der Waals surface area contributed by atoms with Crippen molar-refractivity contribution in [1.82, 2.24) is 0 Å². The van der Waals surface area contributed by atoms with Gasteiger partial charge in [-0.1, -0.05) is 20.8 Å². The zero-order valence-corrected chi connectivity index (χ0v) is 12.8. The van der Waals surface area contributed by atoms with Gasteiger partial charge in [0.25, 0.3) is 0 Å². The highest BCUT2D eigenvalue weighted by atomic mass is 32.2. The summed E-state index contributed by atoms with van der Waals surface area (Å²) in [6.45, 7) is 8.88. The molecule has 5 nitrogen and oxygen atoms in total. The second-order valence-corrected chi connectivity index (χ2v) is 7.20. The molecule has 2 saturated heterocycles. The summed E-state index contributed by atoms with van der Waals surface area (Å²) in [6.07, 6.45) is -2.20. The number of aliphatic hydroxyl groups excluding tert-OH is 2. The Morgan fingerprint density at radius 3 is 2.63 bits per heavy atom. The topological polar surface area (TPSA) is 71.5 Å². The van der Waals surface area contributed by atoms with Gasteiger partial charge in [-0.25, -0.2) is 0 Å². The normalized spacial score (nSPS) is 42.6. The van der Waals surface area contributed by atoms with Crippen LogP contribution in [0.2, 0.25) is 0 Å². The molecule has 2 rings (SSSR count). The van der Waals surface area contributed by atoms with Crippen LogP contribution in [0.1, 0.15) is 27.7 Å². The van der Waals surface area contributed by atoms with E-state index in [1.165, 1.54) is 12.0 Å². The molecule has 0 bridgehead atoms. The van der Waals surface area contributed by atoms with Crippen molar-refractivity contribution < 1.29 is 23.9 Å². The smallest absolute Gasteiger partial charge is 0.121 e. The molecule has 0 aromatic rings. The average Bonchev–Trinajstić information content (AvgIpc) is 2.93. The molecule has 2 heterocycles. The van der Waals surface area contributed by atoms with Crippen molar-refractivity contribution >= 4 is 12.0 Å². The molecule has 2 fully saturated rings. The van der Waals surface area contributed by atoms with Crippen LogP contribution in [0.25, 0.3) is 0 Å². The third-order valence-electron chi connectivity index (χ3n) is 3.89. The van der Waals surface area contributed by atoms with E-state index in [0.29, 0.717) is 6.61 Å². The first kappa shape index (κ1) is 15.5. The van der Waals surface area contributed by atoms with Crippen LogP contribution in [0.5, 0.6) is 0 Å². The van der Waals surface area contributed by atoms with Crippen molar-refractivity contribution in [3.05, 3.63) is 0 Å². The molecule has 0 saturated carbocycles. The van der Waals surface area contributed by atoms with Crippen LogP contribution in [0.4, 0.5) is 0 Å². The van der Waals surface area contributed by atoms with Crippen LogP contribution >= 0.6 is 12.0 Å². The number of hydrogen-bond donors (Lipinski definition) is 2. The molecule has 0 amide bonds. The highest BCUT2D eigenvalue weighted by Gasteiger charge is 2.67. The third-order valence-corrected chi connectivity index (χ3v) is 4.41. The van der Waals surface area contributed by atoms with Gasteiger partial charge < -0.3 is 23.9 Å². The minimum absolute atomic E-state index is 0.0394. The van der Waals surface area contributed by atoms with Crippen molar-refractivity contribution in [2.45, 2.75) is 57.7 Å². The van der Waals surface area contributed by atoms with E-state index in [2.05, 4.69) is 13.8 Å². The molecule has 0 spiro atoms. The monoisotopic (exact) mass is 292 g/mol. The second-order valence-electron chi connectivity index (χ2n) is 6.15. The number of ether oxygens (including phenoxy) is 2. The molecule has 0 aliphatic carbocycles. The van der Waals surface area contributed by atoms with Gasteiger partial charge in [0.2, 0.25) is 0 Å². The highest BCUT2D eigenvalue weighted by Crippen LogP contribution is 2.52. The Balaban J connectivity index is 1.94. The molecule has 0 aromatic heterocycles. The summed E-state index contributed by atoms with van der Waals surface area (Å²) in [5, 5.41) is 19.5. The molecule has 2 aliphatic heterocycles. The summed E-state index contributed by atoms with van der Waals surface area (Å²) in [6, 6.07) is 0. The number of rotatable bonds is 6. The molecular weight excluding hydrogens is 268 g/mol. The van der Waals surface area contributed by atoms with Crippen LogP contribution < -0.4 is 0 Å². The lowest BCUT2D eigenvalue weighted by molar-refractivity contribution is -0.0167. The molecule has 2 aliphatic rings. The van der Waals surface area contributed by atoms with E-state index in [1.807, 2.05) is 13.8 Å². The lowest BCUT2D eigenvalue weighted by atomic mass is 9.81. The maximum Gasteiger partial charge on any atom is 0.121 e. The van der Waals surface area contributed by atoms with Gasteiger partial charge in [0.1, 0.15) is 23.9 Å². The average molecular weight is 292 g/mol. The van der Waals surface area contributed by atoms with Crippen LogP contribution in [0.15, 0.2) is 0 Å². The van der Waals surface area contributed by atoms with Gasteiger partial charge >= 0.3 is 0 Å². The van der Waals surface area contributed by atoms with Gasteiger partial charge in [-0.3, -0.25) is 0 Å². The molecule has 19 heavy (non-hydrogen) atoms. The largest absolute Gasteiger partial charge is 0.388 e. The van der Waals surface area contributed by atoms with E-state index >= 15 is 0 Å². The van der Waals surface area contributed by atoms with Gasteiger partial charge in [-0.05, 0) is 19.0 Å². The Bertz CT molecular complexity index is 324. The van der Waals surface area contributed by atoms with E-state index in [4.69, 9.17) is 13.7 Å². The highest BCUT2D eigenvalue weighted by molar-refractivity contribution is 7.94. The van der Waals surface area contributed by atoms with Gasteiger partial charge in [-0.2, -0.15) is 0 Å². The van der Waals surface area contributed by atoms with Gasteiger partial charge in [0, 0.05) is 11.2 Å². The van der Waals surface area contributed by atoms with Crippen LogP contribution in [-0.2, 0) is 13.7 Å². The van der Waals surface area contributed by atoms with Crippen molar-refractivity contribution in [1.29, 1.82) is 0 Å². The quantitative estimate of drug-likeness (QED) is 0.432. The van der Waals surface area contributed by atoms with E-state index in [0.717, 1.165) is 5.75 Å². The Morgan fingerprint density at radius 2 is 2.11 bits per heavy atom. The van der Waals surface area contributed by atoms with Crippen LogP contribution in [0, 0.1) is 5.41 Å². The molecule has 5 atom stereocenters. The molecule has 112 valence electrons. The lowest BCUT2D eigenvalue weighted by Crippen LogP contribution is -2.43. The minimum Gasteiger partial charge on any atom is -0.388 e. The van der Waals surface area contributed by atoms with Crippen molar-refractivity contribution in [3.8, 4) is 0 Å². The standard InChI is InChI=1S/C13H24O5S/c1-5-19-17-7-12(2,3)11-13(4,18-11)10-9(15)8(14)6-16-10/h8-11,14-15H,5-7H2,1-4H3. The summed E-state index contributed by atoms with van der Waals surface area (Å²) < 4.78 is 16.8. The van der Waals surface area contributed by atoms with Gasteiger partial charge in [-0.15, -0.1) is 0 Å². The zero-order chi connectivity index (χ0) is 14.3. The third kappa shape index (κ3) is 2.94. The van der Waals surface area contributed by atoms with E-state index in [-0.39, 0.29) is 18.1 Å². The predicted molar refractivity (Wildman–Crippen MR) is 72.9 cm³/mol. The molecule has 5 unspecified atom stereocenters. The summed E-state index contributed by atoms with van der Waals surface area (Å²) in [7, 11) is 0. The van der Waals surface area contributed by atoms with Gasteiger partial charge in [0.05, 0.1) is 19.3 Å². The summed E-state index contributed by atoms with van der Waals surface area (Å²) in [5.41, 5.74) is -0.700. The summed E-state index contributed by atoms with van der Waals surface area (Å²) in [4.78, 5) is 0. The second kappa shape index (κ2) is 5.50. The number of epoxide rings is 1. The first-order valence-corrected chi connectivity index (χ1v) is 7.64. The van der Waals surface area contributed by atoms with E-state index < -0.39 is 23.9 Å². The Morgan fingerprint density at radius 1 is 1.42 bits per heavy atom. The molecule has 6 heteroatoms. The Labute approximate surface area is 118 Å². The van der Waals surface area contributed by atoms with Gasteiger partial charge in [0.15, 0.2) is 0 Å². The first-order valence-electron chi connectivity index (χ1n) is 6.73. The zero-order valence-electron chi connectivity index (χ0n) is 12.0. The van der Waals surface area contributed by atoms with Crippen molar-refractivity contribution in [3.63, 3.8) is 0 Å². The summed E-state index contributed by atoms with van der Waals surface area (Å²) >= 11 is 1.44. The Hall–Kier alpha value is 0.150. The van der Waals surface area contributed by atoms with Crippen molar-refractivity contribution in [2.24, 2.45) is 5.41 Å². The SMILES string of the molecule is CCSOCC(C)(C)C1OC1(C)C1OCC(O)C1O. The Kier molecular flexibility index (Phi) is 4.50. The molecular formula is C13H24O5S. The van der Waals surface area contributed by atoms with E-state index in [9.17, 15) is 10.2 Å². The van der Waals surface area contributed by atoms with Crippen molar-refractivity contribution in [2.75, 3.05) is 19.0 Å². The number of hydrogen-bond acceptors (Lipinski definition) is 6.